The van der Waals surface area contributed by atoms with E-state index in [1.54, 1.807) is 7.11 Å². The Balaban J connectivity index is 2.32. The Morgan fingerprint density at radius 3 is 2.89 bits per heavy atom. The standard InChI is InChI=1S/C14H19NO3/c1-10-4-5-12(18-2)11(8-10)9-14(13(16)17)6-3-7-15-14/h4-5,8,15H,3,6-7,9H2,1-2H3,(H,16,17). The van der Waals surface area contributed by atoms with Gasteiger partial charge in [-0.15, -0.1) is 0 Å². The third kappa shape index (κ3) is 2.34. The summed E-state index contributed by atoms with van der Waals surface area (Å²) in [5, 5.41) is 12.6. The van der Waals surface area contributed by atoms with Crippen LogP contribution in [-0.4, -0.2) is 30.3 Å². The van der Waals surface area contributed by atoms with Gasteiger partial charge in [-0.3, -0.25) is 4.79 Å². The fraction of sp³-hybridized carbons (Fsp3) is 0.500. The molecule has 1 aromatic carbocycles. The molecule has 0 aliphatic carbocycles. The maximum Gasteiger partial charge on any atom is 0.324 e. The number of ether oxygens (including phenoxy) is 1. The molecule has 4 nitrogen and oxygen atoms in total. The van der Waals surface area contributed by atoms with Crippen molar-refractivity contribution in [1.82, 2.24) is 5.32 Å². The van der Waals surface area contributed by atoms with Crippen molar-refractivity contribution in [2.24, 2.45) is 0 Å². The van der Waals surface area contributed by atoms with Crippen LogP contribution in [0, 0.1) is 6.92 Å². The molecule has 1 heterocycles. The fourth-order valence-electron chi connectivity index (χ4n) is 2.59. The predicted octanol–water partition coefficient (Wildman–Crippen LogP) is 1.75. The van der Waals surface area contributed by atoms with Crippen molar-refractivity contribution in [1.29, 1.82) is 0 Å². The molecule has 0 spiro atoms. The SMILES string of the molecule is COc1ccc(C)cc1CC1(C(=O)O)CCCN1. The molecule has 0 bridgehead atoms. The maximum atomic E-state index is 11.5. The van der Waals surface area contributed by atoms with Crippen LogP contribution in [0.1, 0.15) is 24.0 Å². The number of aryl methyl sites for hydroxylation is 1. The summed E-state index contributed by atoms with van der Waals surface area (Å²) in [7, 11) is 1.61. The van der Waals surface area contributed by atoms with Crippen LogP contribution in [0.25, 0.3) is 0 Å². The van der Waals surface area contributed by atoms with Gasteiger partial charge in [0.25, 0.3) is 0 Å². The number of hydrogen-bond donors (Lipinski definition) is 2. The van der Waals surface area contributed by atoms with Gasteiger partial charge in [0.15, 0.2) is 0 Å². The summed E-state index contributed by atoms with van der Waals surface area (Å²) in [5.41, 5.74) is 1.24. The molecule has 1 aliphatic heterocycles. The zero-order chi connectivity index (χ0) is 13.2. The van der Waals surface area contributed by atoms with E-state index in [0.29, 0.717) is 12.8 Å². The Hall–Kier alpha value is -1.55. The van der Waals surface area contributed by atoms with Crippen LogP contribution < -0.4 is 10.1 Å². The molecule has 0 aromatic heterocycles. The van der Waals surface area contributed by atoms with Crippen LogP contribution in [0.5, 0.6) is 5.75 Å². The lowest BCUT2D eigenvalue weighted by Crippen LogP contribution is -2.49. The van der Waals surface area contributed by atoms with Gasteiger partial charge in [0.1, 0.15) is 11.3 Å². The molecular weight excluding hydrogens is 230 g/mol. The van der Waals surface area contributed by atoms with Crippen LogP contribution >= 0.6 is 0 Å². The van der Waals surface area contributed by atoms with E-state index in [9.17, 15) is 9.90 Å². The molecule has 2 rings (SSSR count). The number of aliphatic carboxylic acids is 1. The zero-order valence-electron chi connectivity index (χ0n) is 10.8. The lowest BCUT2D eigenvalue weighted by molar-refractivity contribution is -0.144. The first-order chi connectivity index (χ1) is 8.57. The van der Waals surface area contributed by atoms with Crippen molar-refractivity contribution in [3.05, 3.63) is 29.3 Å². The first-order valence-corrected chi connectivity index (χ1v) is 6.19. The highest BCUT2D eigenvalue weighted by atomic mass is 16.5. The summed E-state index contributed by atoms with van der Waals surface area (Å²) in [6.07, 6.45) is 2.03. The number of nitrogens with one attached hydrogen (secondary N) is 1. The highest BCUT2D eigenvalue weighted by Gasteiger charge is 2.41. The van der Waals surface area contributed by atoms with Gasteiger partial charge in [-0.1, -0.05) is 17.7 Å². The monoisotopic (exact) mass is 249 g/mol. The lowest BCUT2D eigenvalue weighted by Gasteiger charge is -2.25. The quantitative estimate of drug-likeness (QED) is 0.853. The van der Waals surface area contributed by atoms with Gasteiger partial charge >= 0.3 is 5.97 Å². The number of benzene rings is 1. The highest BCUT2D eigenvalue weighted by Crippen LogP contribution is 2.29. The van der Waals surface area contributed by atoms with Crippen LogP contribution in [0.2, 0.25) is 0 Å². The fourth-order valence-corrected chi connectivity index (χ4v) is 2.59. The van der Waals surface area contributed by atoms with Crippen molar-refractivity contribution in [3.8, 4) is 5.75 Å². The van der Waals surface area contributed by atoms with E-state index < -0.39 is 11.5 Å². The number of hydrogen-bond acceptors (Lipinski definition) is 3. The zero-order valence-corrected chi connectivity index (χ0v) is 10.8. The Morgan fingerprint density at radius 1 is 1.56 bits per heavy atom. The van der Waals surface area contributed by atoms with Gasteiger partial charge < -0.3 is 15.2 Å². The molecule has 2 N–H and O–H groups in total. The smallest absolute Gasteiger partial charge is 0.324 e. The van der Waals surface area contributed by atoms with Gasteiger partial charge in [-0.2, -0.15) is 0 Å². The van der Waals surface area contributed by atoms with E-state index in [1.807, 2.05) is 25.1 Å². The van der Waals surface area contributed by atoms with Crippen LogP contribution in [-0.2, 0) is 11.2 Å². The first kappa shape index (κ1) is 12.9. The van der Waals surface area contributed by atoms with Gasteiger partial charge in [0, 0.05) is 6.42 Å². The van der Waals surface area contributed by atoms with Crippen molar-refractivity contribution in [3.63, 3.8) is 0 Å². The number of carboxylic acid groups (broad SMARTS) is 1. The van der Waals surface area contributed by atoms with E-state index in [-0.39, 0.29) is 0 Å². The second-order valence-electron chi connectivity index (χ2n) is 4.91. The minimum Gasteiger partial charge on any atom is -0.496 e. The van der Waals surface area contributed by atoms with Crippen molar-refractivity contribution in [2.45, 2.75) is 31.7 Å². The van der Waals surface area contributed by atoms with Gasteiger partial charge in [0.2, 0.25) is 0 Å². The van der Waals surface area contributed by atoms with Crippen LogP contribution in [0.4, 0.5) is 0 Å². The van der Waals surface area contributed by atoms with E-state index in [2.05, 4.69) is 5.32 Å². The molecule has 4 heteroatoms. The van der Waals surface area contributed by atoms with E-state index in [1.165, 1.54) is 0 Å². The third-order valence-corrected chi connectivity index (χ3v) is 3.58. The molecule has 0 amide bonds. The van der Waals surface area contributed by atoms with Gasteiger partial charge in [0.05, 0.1) is 7.11 Å². The summed E-state index contributed by atoms with van der Waals surface area (Å²) < 4.78 is 5.31. The van der Waals surface area contributed by atoms with Crippen molar-refractivity contribution in [2.75, 3.05) is 13.7 Å². The summed E-state index contributed by atoms with van der Waals surface area (Å²) in [5.74, 6) is -0.0153. The molecule has 1 unspecified atom stereocenters. The van der Waals surface area contributed by atoms with Gasteiger partial charge in [-0.05, 0) is 37.9 Å². The van der Waals surface area contributed by atoms with Crippen LogP contribution in [0.15, 0.2) is 18.2 Å². The summed E-state index contributed by atoms with van der Waals surface area (Å²) >= 11 is 0. The maximum absolute atomic E-state index is 11.5. The Kier molecular flexibility index (Phi) is 3.57. The Bertz CT molecular complexity index is 450. The largest absolute Gasteiger partial charge is 0.496 e. The molecule has 1 atom stereocenters. The number of carbonyl (C=O) groups is 1. The molecule has 0 radical (unpaired) electrons. The number of rotatable bonds is 4. The second kappa shape index (κ2) is 4.98. The van der Waals surface area contributed by atoms with E-state index in [0.717, 1.165) is 29.8 Å². The molecule has 1 saturated heterocycles. The molecule has 1 fully saturated rings. The van der Waals surface area contributed by atoms with Gasteiger partial charge in [-0.25, -0.2) is 0 Å². The number of carboxylic acids is 1. The summed E-state index contributed by atoms with van der Waals surface area (Å²) in [4.78, 5) is 11.5. The van der Waals surface area contributed by atoms with E-state index in [4.69, 9.17) is 4.74 Å². The van der Waals surface area contributed by atoms with Crippen molar-refractivity contribution < 1.29 is 14.6 Å². The molecule has 1 aromatic rings. The minimum atomic E-state index is -0.832. The molecular formula is C14H19NO3. The molecule has 0 saturated carbocycles. The van der Waals surface area contributed by atoms with Crippen molar-refractivity contribution >= 4 is 5.97 Å². The van der Waals surface area contributed by atoms with E-state index >= 15 is 0 Å². The molecule has 18 heavy (non-hydrogen) atoms. The Labute approximate surface area is 107 Å². The average molecular weight is 249 g/mol. The molecule has 1 aliphatic rings. The molecule has 98 valence electrons. The second-order valence-corrected chi connectivity index (χ2v) is 4.91. The van der Waals surface area contributed by atoms with Crippen LogP contribution in [0.3, 0.4) is 0 Å². The Morgan fingerprint density at radius 2 is 2.33 bits per heavy atom. The highest BCUT2D eigenvalue weighted by molar-refractivity contribution is 5.80. The summed E-state index contributed by atoms with van der Waals surface area (Å²) in [6.45, 7) is 2.76. The average Bonchev–Trinajstić information content (AvgIpc) is 2.79. The number of methoxy groups -OCH3 is 1. The topological polar surface area (TPSA) is 58.6 Å². The minimum absolute atomic E-state index is 0.465. The first-order valence-electron chi connectivity index (χ1n) is 6.19. The summed E-state index contributed by atoms with van der Waals surface area (Å²) in [6, 6.07) is 5.87. The third-order valence-electron chi connectivity index (χ3n) is 3.58. The predicted molar refractivity (Wildman–Crippen MR) is 69.0 cm³/mol. The lowest BCUT2D eigenvalue weighted by atomic mass is 9.88. The normalized spacial score (nSPS) is 23.0.